The average Bonchev–Trinajstić information content (AvgIpc) is 3.51. The van der Waals surface area contributed by atoms with Gasteiger partial charge in [-0.15, -0.1) is 0 Å². The minimum atomic E-state index is -3.90. The van der Waals surface area contributed by atoms with Gasteiger partial charge in [0, 0.05) is 11.0 Å². The molecule has 0 bridgehead atoms. The molecule has 2 aromatic carbocycles. The van der Waals surface area contributed by atoms with Gasteiger partial charge < -0.3 is 13.7 Å². The molecule has 8 heteroatoms. The molecule has 0 N–H and O–H groups in total. The molecular formula is C27H26BrNO5S. The highest BCUT2D eigenvalue weighted by molar-refractivity contribution is 9.10. The van der Waals surface area contributed by atoms with E-state index in [2.05, 4.69) is 48.8 Å². The van der Waals surface area contributed by atoms with Crippen LogP contribution in [0.4, 0.5) is 0 Å². The Morgan fingerprint density at radius 2 is 1.60 bits per heavy atom. The molecule has 0 radical (unpaired) electrons. The van der Waals surface area contributed by atoms with E-state index < -0.39 is 15.7 Å². The molecule has 4 aromatic rings. The highest BCUT2D eigenvalue weighted by Crippen LogP contribution is 2.26. The molecule has 0 fully saturated rings. The second-order valence-electron chi connectivity index (χ2n) is 9.26. The lowest BCUT2D eigenvalue weighted by atomic mass is 9.87. The predicted molar refractivity (Wildman–Crippen MR) is 136 cm³/mol. The molecule has 0 aliphatic carbocycles. The molecule has 4 rings (SSSR count). The molecule has 0 unspecified atom stereocenters. The number of carbonyl (C=O) groups is 1. The zero-order valence-corrected chi connectivity index (χ0v) is 22.1. The number of carbonyl (C=O) groups excluding carboxylic acids is 1. The zero-order valence-electron chi connectivity index (χ0n) is 19.7. The fourth-order valence-electron chi connectivity index (χ4n) is 3.59. The Bertz CT molecular complexity index is 1400. The summed E-state index contributed by atoms with van der Waals surface area (Å²) in [6.07, 6.45) is 1.55. The highest BCUT2D eigenvalue weighted by atomic mass is 79.9. The molecule has 0 saturated carbocycles. The monoisotopic (exact) mass is 555 g/mol. The van der Waals surface area contributed by atoms with E-state index in [4.69, 9.17) is 8.83 Å². The lowest BCUT2D eigenvalue weighted by molar-refractivity contribution is 0.0679. The summed E-state index contributed by atoms with van der Waals surface area (Å²) >= 11 is 3.30. The summed E-state index contributed by atoms with van der Waals surface area (Å²) in [4.78, 5) is 15.1. The van der Waals surface area contributed by atoms with Crippen LogP contribution in [-0.4, -0.2) is 19.2 Å². The molecule has 0 aliphatic rings. The van der Waals surface area contributed by atoms with Crippen molar-refractivity contribution >= 4 is 31.7 Å². The fourth-order valence-corrected chi connectivity index (χ4v) is 5.02. The smallest absolute Gasteiger partial charge is 0.290 e. The van der Waals surface area contributed by atoms with Crippen molar-refractivity contribution in [3.63, 3.8) is 0 Å². The van der Waals surface area contributed by atoms with E-state index in [-0.39, 0.29) is 27.7 Å². The van der Waals surface area contributed by atoms with Crippen molar-refractivity contribution in [2.45, 2.75) is 49.3 Å². The van der Waals surface area contributed by atoms with Gasteiger partial charge in [0.1, 0.15) is 5.76 Å². The van der Waals surface area contributed by atoms with Crippen LogP contribution in [0, 0.1) is 0 Å². The molecule has 35 heavy (non-hydrogen) atoms. The summed E-state index contributed by atoms with van der Waals surface area (Å²) in [6.45, 7) is 6.95. The van der Waals surface area contributed by atoms with Crippen LogP contribution in [0.15, 0.2) is 102 Å². The minimum absolute atomic E-state index is 0.0209. The van der Waals surface area contributed by atoms with Gasteiger partial charge in [-0.25, -0.2) is 8.42 Å². The first-order chi connectivity index (χ1) is 16.5. The maximum atomic E-state index is 13.4. The minimum Gasteiger partial charge on any atom is -0.467 e. The Kier molecular flexibility index (Phi) is 7.05. The lowest BCUT2D eigenvalue weighted by Crippen LogP contribution is -2.29. The first-order valence-electron chi connectivity index (χ1n) is 11.1. The van der Waals surface area contributed by atoms with E-state index in [9.17, 15) is 13.2 Å². The third-order valence-corrected chi connectivity index (χ3v) is 7.76. The van der Waals surface area contributed by atoms with E-state index in [1.807, 2.05) is 12.1 Å². The van der Waals surface area contributed by atoms with Crippen molar-refractivity contribution in [3.05, 3.63) is 106 Å². The van der Waals surface area contributed by atoms with Gasteiger partial charge in [-0.3, -0.25) is 4.79 Å². The van der Waals surface area contributed by atoms with Crippen LogP contribution >= 0.6 is 15.9 Å². The molecule has 0 saturated heterocycles. The van der Waals surface area contributed by atoms with E-state index in [1.54, 1.807) is 35.4 Å². The van der Waals surface area contributed by atoms with Gasteiger partial charge in [-0.05, 0) is 65.1 Å². The van der Waals surface area contributed by atoms with Gasteiger partial charge in [0.05, 0.1) is 17.7 Å². The molecule has 182 valence electrons. The van der Waals surface area contributed by atoms with Crippen LogP contribution in [0.3, 0.4) is 0 Å². The highest BCUT2D eigenvalue weighted by Gasteiger charge is 2.26. The first kappa shape index (κ1) is 25.0. The number of nitrogens with zero attached hydrogens (tertiary/aromatic N) is 1. The second-order valence-corrected chi connectivity index (χ2v) is 12.1. The molecule has 0 atom stereocenters. The van der Waals surface area contributed by atoms with Gasteiger partial charge in [-0.2, -0.15) is 0 Å². The molecule has 0 spiro atoms. The predicted octanol–water partition coefficient (Wildman–Crippen LogP) is 6.61. The number of furan rings is 2. The van der Waals surface area contributed by atoms with Gasteiger partial charge in [0.25, 0.3) is 5.91 Å². The third kappa shape index (κ3) is 5.77. The number of halogens is 1. The topological polar surface area (TPSA) is 80.7 Å². The summed E-state index contributed by atoms with van der Waals surface area (Å²) in [7, 11) is -3.90. The van der Waals surface area contributed by atoms with E-state index in [1.165, 1.54) is 29.8 Å². The maximum absolute atomic E-state index is 13.4. The molecule has 2 aromatic heterocycles. The van der Waals surface area contributed by atoms with Crippen molar-refractivity contribution in [2.75, 3.05) is 0 Å². The van der Waals surface area contributed by atoms with Crippen LogP contribution < -0.4 is 0 Å². The summed E-state index contributed by atoms with van der Waals surface area (Å²) in [6, 6.07) is 20.6. The van der Waals surface area contributed by atoms with E-state index in [0.29, 0.717) is 12.3 Å². The van der Waals surface area contributed by atoms with Crippen molar-refractivity contribution in [1.82, 2.24) is 4.90 Å². The van der Waals surface area contributed by atoms with Crippen LogP contribution in [0.5, 0.6) is 0 Å². The number of benzene rings is 2. The van der Waals surface area contributed by atoms with Crippen LogP contribution in [0.1, 0.15) is 48.2 Å². The number of hydrogen-bond acceptors (Lipinski definition) is 5. The van der Waals surface area contributed by atoms with Gasteiger partial charge in [0.15, 0.2) is 5.76 Å². The summed E-state index contributed by atoms with van der Waals surface area (Å²) < 4.78 is 37.7. The van der Waals surface area contributed by atoms with E-state index >= 15 is 0 Å². The summed E-state index contributed by atoms with van der Waals surface area (Å²) in [5, 5.41) is -0.282. The quantitative estimate of drug-likeness (QED) is 0.256. The van der Waals surface area contributed by atoms with Crippen molar-refractivity contribution < 1.29 is 22.0 Å². The van der Waals surface area contributed by atoms with Gasteiger partial charge in [-0.1, -0.05) is 61.0 Å². The largest absolute Gasteiger partial charge is 0.467 e. The first-order valence-corrected chi connectivity index (χ1v) is 13.3. The van der Waals surface area contributed by atoms with Crippen LogP contribution in [0.2, 0.25) is 0 Å². The summed E-state index contributed by atoms with van der Waals surface area (Å²) in [5.74, 6) is 0.121. The number of sulfone groups is 1. The van der Waals surface area contributed by atoms with Gasteiger partial charge in [0.2, 0.25) is 14.9 Å². The van der Waals surface area contributed by atoms with Crippen molar-refractivity contribution in [1.29, 1.82) is 0 Å². The van der Waals surface area contributed by atoms with Crippen LogP contribution in [0.25, 0.3) is 0 Å². The summed E-state index contributed by atoms with van der Waals surface area (Å²) in [5.41, 5.74) is 2.15. The Hall–Kier alpha value is -3.10. The molecule has 2 heterocycles. The van der Waals surface area contributed by atoms with E-state index in [0.717, 1.165) is 10.0 Å². The van der Waals surface area contributed by atoms with Crippen LogP contribution in [-0.2, 0) is 28.3 Å². The Morgan fingerprint density at radius 3 is 2.20 bits per heavy atom. The van der Waals surface area contributed by atoms with Crippen molar-refractivity contribution in [3.8, 4) is 0 Å². The Morgan fingerprint density at radius 1 is 0.914 bits per heavy atom. The molecule has 0 aliphatic heterocycles. The van der Waals surface area contributed by atoms with Crippen molar-refractivity contribution in [2.24, 2.45) is 0 Å². The Labute approximate surface area is 213 Å². The molecular weight excluding hydrogens is 530 g/mol. The molecule has 1 amide bonds. The third-order valence-electron chi connectivity index (χ3n) is 5.59. The SMILES string of the molecule is CC(C)(C)c1ccc(CN(Cc2ccco2)C(=O)c2ccc(S(=O)(=O)c3ccc(Br)cc3)o2)cc1. The number of rotatable bonds is 7. The maximum Gasteiger partial charge on any atom is 0.290 e. The lowest BCUT2D eigenvalue weighted by Gasteiger charge is -2.22. The average molecular weight is 556 g/mol. The fraction of sp³-hybridized carbons (Fsp3) is 0.222. The zero-order chi connectivity index (χ0) is 25.2. The number of amides is 1. The Balaban J connectivity index is 1.60. The number of hydrogen-bond donors (Lipinski definition) is 0. The van der Waals surface area contributed by atoms with Gasteiger partial charge >= 0.3 is 0 Å². The second kappa shape index (κ2) is 9.87. The molecule has 6 nitrogen and oxygen atoms in total. The normalized spacial score (nSPS) is 12.0. The standard InChI is InChI=1S/C27H26BrNO5S/c1-27(2,3)20-8-6-19(7-9-20)17-29(18-22-5-4-16-33-22)26(30)24-14-15-25(34-24)35(31,32)23-12-10-21(28)11-13-23/h4-16H,17-18H2,1-3H3.